The van der Waals surface area contributed by atoms with E-state index < -0.39 is 11.4 Å². The summed E-state index contributed by atoms with van der Waals surface area (Å²) in [5.41, 5.74) is 5.87. The summed E-state index contributed by atoms with van der Waals surface area (Å²) in [7, 11) is 0. The van der Waals surface area contributed by atoms with Gasteiger partial charge in [-0.25, -0.2) is 0 Å². The molecule has 0 aliphatic carbocycles. The van der Waals surface area contributed by atoms with E-state index in [0.29, 0.717) is 17.5 Å². The fraction of sp³-hybridized carbons (Fsp3) is 0.375. The van der Waals surface area contributed by atoms with Gasteiger partial charge in [0.1, 0.15) is 5.58 Å². The lowest BCUT2D eigenvalue weighted by molar-refractivity contribution is 0.0915. The standard InChI is InChI=1S/C16H20N2O3/c1-3-16(17,4-2)10-18-15(20)14-9-12(19)11-7-5-6-8-13(11)21-14/h5-9H,3-4,10,17H2,1-2H3,(H,18,20). The van der Waals surface area contributed by atoms with Gasteiger partial charge in [-0.05, 0) is 25.0 Å². The molecule has 3 N–H and O–H groups in total. The van der Waals surface area contributed by atoms with E-state index in [1.54, 1.807) is 24.3 Å². The predicted molar refractivity (Wildman–Crippen MR) is 82.3 cm³/mol. The van der Waals surface area contributed by atoms with Gasteiger partial charge >= 0.3 is 0 Å². The smallest absolute Gasteiger partial charge is 0.287 e. The van der Waals surface area contributed by atoms with Crippen LogP contribution in [0.2, 0.25) is 0 Å². The number of carbonyl (C=O) groups is 1. The summed E-state index contributed by atoms with van der Waals surface area (Å²) in [4.78, 5) is 24.1. The van der Waals surface area contributed by atoms with E-state index in [1.807, 2.05) is 13.8 Å². The van der Waals surface area contributed by atoms with Gasteiger partial charge < -0.3 is 15.5 Å². The van der Waals surface area contributed by atoms with Crippen LogP contribution in [0.4, 0.5) is 0 Å². The first-order chi connectivity index (χ1) is 9.99. The summed E-state index contributed by atoms with van der Waals surface area (Å²) in [6, 6.07) is 8.06. The molecule has 1 heterocycles. The van der Waals surface area contributed by atoms with Crippen LogP contribution in [0.5, 0.6) is 0 Å². The Hall–Kier alpha value is -2.14. The number of carbonyl (C=O) groups excluding carboxylic acids is 1. The average Bonchev–Trinajstić information content (AvgIpc) is 2.52. The normalized spacial score (nSPS) is 11.6. The monoisotopic (exact) mass is 288 g/mol. The highest BCUT2D eigenvalue weighted by Crippen LogP contribution is 2.13. The zero-order chi connectivity index (χ0) is 15.5. The lowest BCUT2D eigenvalue weighted by atomic mass is 9.94. The highest BCUT2D eigenvalue weighted by molar-refractivity contribution is 5.93. The van der Waals surface area contributed by atoms with Gasteiger partial charge in [0, 0.05) is 18.2 Å². The molecule has 2 aromatic rings. The average molecular weight is 288 g/mol. The largest absolute Gasteiger partial charge is 0.451 e. The van der Waals surface area contributed by atoms with Crippen LogP contribution in [-0.4, -0.2) is 18.0 Å². The van der Waals surface area contributed by atoms with Crippen LogP contribution in [0.15, 0.2) is 39.5 Å². The number of para-hydroxylation sites is 1. The Morgan fingerprint density at radius 3 is 2.62 bits per heavy atom. The second-order valence-electron chi connectivity index (χ2n) is 5.22. The lowest BCUT2D eigenvalue weighted by Gasteiger charge is -2.26. The van der Waals surface area contributed by atoms with Gasteiger partial charge in [0.15, 0.2) is 11.2 Å². The van der Waals surface area contributed by atoms with Crippen LogP contribution < -0.4 is 16.5 Å². The Morgan fingerprint density at radius 2 is 1.95 bits per heavy atom. The first kappa shape index (κ1) is 15.3. The van der Waals surface area contributed by atoms with Crippen molar-refractivity contribution in [3.63, 3.8) is 0 Å². The third-order valence-corrected chi connectivity index (χ3v) is 3.87. The first-order valence-electron chi connectivity index (χ1n) is 7.09. The Morgan fingerprint density at radius 1 is 1.29 bits per heavy atom. The van der Waals surface area contributed by atoms with Crippen LogP contribution in [0.1, 0.15) is 37.2 Å². The van der Waals surface area contributed by atoms with Crippen molar-refractivity contribution in [2.75, 3.05) is 6.54 Å². The number of nitrogens with two attached hydrogens (primary N) is 1. The second-order valence-corrected chi connectivity index (χ2v) is 5.22. The second kappa shape index (κ2) is 6.10. The Labute approximate surface area is 123 Å². The number of rotatable bonds is 5. The van der Waals surface area contributed by atoms with Gasteiger partial charge in [-0.1, -0.05) is 26.0 Å². The molecule has 0 aliphatic heterocycles. The van der Waals surface area contributed by atoms with Crippen LogP contribution in [0, 0.1) is 0 Å². The van der Waals surface area contributed by atoms with Crippen molar-refractivity contribution in [3.8, 4) is 0 Å². The Bertz CT molecular complexity index is 702. The molecule has 1 aromatic heterocycles. The van der Waals surface area contributed by atoms with Gasteiger partial charge in [0.05, 0.1) is 5.39 Å². The third-order valence-electron chi connectivity index (χ3n) is 3.87. The minimum atomic E-state index is -0.438. The van der Waals surface area contributed by atoms with Crippen molar-refractivity contribution in [1.82, 2.24) is 5.32 Å². The van der Waals surface area contributed by atoms with Crippen LogP contribution >= 0.6 is 0 Å². The summed E-state index contributed by atoms with van der Waals surface area (Å²) in [6.45, 7) is 4.30. The topological polar surface area (TPSA) is 85.3 Å². The Kier molecular flexibility index (Phi) is 4.43. The zero-order valence-electron chi connectivity index (χ0n) is 12.3. The molecule has 1 aromatic carbocycles. The molecule has 0 atom stereocenters. The number of nitrogens with one attached hydrogen (secondary N) is 1. The van der Waals surface area contributed by atoms with Crippen LogP contribution in [0.3, 0.4) is 0 Å². The van der Waals surface area contributed by atoms with Crippen molar-refractivity contribution in [2.45, 2.75) is 32.2 Å². The molecule has 1 amide bonds. The molecule has 21 heavy (non-hydrogen) atoms. The summed E-state index contributed by atoms with van der Waals surface area (Å²) in [6.07, 6.45) is 1.51. The molecule has 0 bridgehead atoms. The van der Waals surface area contributed by atoms with E-state index in [0.717, 1.165) is 12.8 Å². The van der Waals surface area contributed by atoms with Crippen molar-refractivity contribution < 1.29 is 9.21 Å². The van der Waals surface area contributed by atoms with E-state index in [9.17, 15) is 9.59 Å². The molecule has 112 valence electrons. The number of hydrogen-bond donors (Lipinski definition) is 2. The molecule has 2 rings (SSSR count). The fourth-order valence-electron chi connectivity index (χ4n) is 2.06. The molecule has 0 saturated heterocycles. The summed E-state index contributed by atoms with van der Waals surface area (Å²) in [5.74, 6) is -0.414. The summed E-state index contributed by atoms with van der Waals surface area (Å²) >= 11 is 0. The van der Waals surface area contributed by atoms with Crippen molar-refractivity contribution >= 4 is 16.9 Å². The van der Waals surface area contributed by atoms with E-state index in [4.69, 9.17) is 10.2 Å². The van der Waals surface area contributed by atoms with Gasteiger partial charge in [0.2, 0.25) is 0 Å². The van der Waals surface area contributed by atoms with Crippen molar-refractivity contribution in [3.05, 3.63) is 46.3 Å². The molecule has 0 spiro atoms. The highest BCUT2D eigenvalue weighted by Gasteiger charge is 2.22. The van der Waals surface area contributed by atoms with Crippen LogP contribution in [0.25, 0.3) is 11.0 Å². The van der Waals surface area contributed by atoms with Gasteiger partial charge in [-0.15, -0.1) is 0 Å². The minimum Gasteiger partial charge on any atom is -0.451 e. The maximum absolute atomic E-state index is 12.1. The van der Waals surface area contributed by atoms with E-state index in [2.05, 4.69) is 5.32 Å². The van der Waals surface area contributed by atoms with Gasteiger partial charge in [0.25, 0.3) is 5.91 Å². The lowest BCUT2D eigenvalue weighted by Crippen LogP contribution is -2.49. The van der Waals surface area contributed by atoms with E-state index >= 15 is 0 Å². The molecule has 0 aliphatic rings. The number of hydrogen-bond acceptors (Lipinski definition) is 4. The minimum absolute atomic E-state index is 0.00764. The molecule has 0 saturated carbocycles. The molecular formula is C16H20N2O3. The van der Waals surface area contributed by atoms with E-state index in [1.165, 1.54) is 6.07 Å². The molecular weight excluding hydrogens is 268 g/mol. The fourth-order valence-corrected chi connectivity index (χ4v) is 2.06. The number of fused-ring (bicyclic) bond motifs is 1. The molecule has 0 fully saturated rings. The quantitative estimate of drug-likeness (QED) is 0.881. The predicted octanol–water partition coefficient (Wildman–Crippen LogP) is 2.04. The van der Waals surface area contributed by atoms with Gasteiger partial charge in [-0.2, -0.15) is 0 Å². The number of amides is 1. The van der Waals surface area contributed by atoms with Crippen molar-refractivity contribution in [2.24, 2.45) is 5.73 Å². The third kappa shape index (κ3) is 3.31. The van der Waals surface area contributed by atoms with Crippen LogP contribution in [-0.2, 0) is 0 Å². The highest BCUT2D eigenvalue weighted by atomic mass is 16.3. The van der Waals surface area contributed by atoms with Crippen molar-refractivity contribution in [1.29, 1.82) is 0 Å². The zero-order valence-corrected chi connectivity index (χ0v) is 12.3. The molecule has 0 radical (unpaired) electrons. The summed E-state index contributed by atoms with van der Waals surface area (Å²) in [5, 5.41) is 3.20. The summed E-state index contributed by atoms with van der Waals surface area (Å²) < 4.78 is 5.48. The SMILES string of the molecule is CCC(N)(CC)CNC(=O)c1cc(=O)c2ccccc2o1. The molecule has 5 nitrogen and oxygen atoms in total. The Balaban J connectivity index is 2.22. The van der Waals surface area contributed by atoms with Gasteiger partial charge in [-0.3, -0.25) is 9.59 Å². The maximum Gasteiger partial charge on any atom is 0.287 e. The maximum atomic E-state index is 12.1. The number of benzene rings is 1. The first-order valence-corrected chi connectivity index (χ1v) is 7.09. The van der Waals surface area contributed by atoms with E-state index in [-0.39, 0.29) is 11.2 Å². The molecule has 5 heteroatoms. The molecule has 0 unspecified atom stereocenters.